The molecule has 0 aliphatic rings. The van der Waals surface area contributed by atoms with Crippen molar-refractivity contribution < 1.29 is 9.63 Å². The SMILES string of the molecule is Oc1cccc(-c2nc(-c3cscn3)no2)c1. The normalized spacial score (nSPS) is 10.6. The van der Waals surface area contributed by atoms with E-state index in [1.807, 2.05) is 5.38 Å². The van der Waals surface area contributed by atoms with Gasteiger partial charge in [0.25, 0.3) is 5.89 Å². The number of benzene rings is 1. The van der Waals surface area contributed by atoms with Gasteiger partial charge in [-0.25, -0.2) is 4.98 Å². The predicted molar refractivity (Wildman–Crippen MR) is 62.5 cm³/mol. The molecule has 17 heavy (non-hydrogen) atoms. The molecular formula is C11H7N3O2S. The Kier molecular flexibility index (Phi) is 2.34. The second-order valence-electron chi connectivity index (χ2n) is 3.35. The van der Waals surface area contributed by atoms with Crippen molar-refractivity contribution in [2.45, 2.75) is 0 Å². The number of phenols is 1. The van der Waals surface area contributed by atoms with E-state index < -0.39 is 0 Å². The second kappa shape index (κ2) is 3.99. The third kappa shape index (κ3) is 1.90. The van der Waals surface area contributed by atoms with Crippen LogP contribution >= 0.6 is 11.3 Å². The molecule has 0 aliphatic carbocycles. The standard InChI is InChI=1S/C11H7N3O2S/c15-8-3-1-2-7(4-8)11-13-10(14-16-11)9-5-17-6-12-9/h1-6,15H. The molecule has 0 fully saturated rings. The van der Waals surface area contributed by atoms with Gasteiger partial charge in [-0.3, -0.25) is 0 Å². The zero-order valence-electron chi connectivity index (χ0n) is 8.57. The summed E-state index contributed by atoms with van der Waals surface area (Å²) in [6, 6.07) is 6.66. The van der Waals surface area contributed by atoms with Gasteiger partial charge < -0.3 is 9.63 Å². The summed E-state index contributed by atoms with van der Waals surface area (Å²) in [6.07, 6.45) is 0. The summed E-state index contributed by atoms with van der Waals surface area (Å²) in [6.45, 7) is 0. The van der Waals surface area contributed by atoms with Gasteiger partial charge in [0.15, 0.2) is 0 Å². The van der Waals surface area contributed by atoms with Crippen LogP contribution in [0, 0.1) is 0 Å². The van der Waals surface area contributed by atoms with Crippen molar-refractivity contribution in [3.05, 3.63) is 35.2 Å². The van der Waals surface area contributed by atoms with Crippen LogP contribution in [0.3, 0.4) is 0 Å². The molecule has 0 spiro atoms. The fraction of sp³-hybridized carbons (Fsp3) is 0. The van der Waals surface area contributed by atoms with Gasteiger partial charge in [0.2, 0.25) is 5.82 Å². The molecule has 0 aliphatic heterocycles. The molecule has 2 heterocycles. The van der Waals surface area contributed by atoms with Gasteiger partial charge in [0.05, 0.1) is 5.51 Å². The fourth-order valence-electron chi connectivity index (χ4n) is 1.41. The van der Waals surface area contributed by atoms with Crippen molar-refractivity contribution in [3.8, 4) is 28.7 Å². The molecule has 2 aromatic heterocycles. The molecular weight excluding hydrogens is 238 g/mol. The maximum atomic E-state index is 9.36. The van der Waals surface area contributed by atoms with Gasteiger partial charge in [-0.05, 0) is 18.2 Å². The van der Waals surface area contributed by atoms with E-state index in [4.69, 9.17) is 4.52 Å². The Labute approximate surface area is 100 Å². The molecule has 1 aromatic carbocycles. The molecule has 84 valence electrons. The van der Waals surface area contributed by atoms with Crippen molar-refractivity contribution in [1.82, 2.24) is 15.1 Å². The quantitative estimate of drug-likeness (QED) is 0.751. The zero-order valence-corrected chi connectivity index (χ0v) is 9.39. The molecule has 3 aromatic rings. The summed E-state index contributed by atoms with van der Waals surface area (Å²) < 4.78 is 5.12. The summed E-state index contributed by atoms with van der Waals surface area (Å²) in [4.78, 5) is 8.31. The highest BCUT2D eigenvalue weighted by Gasteiger charge is 2.11. The Hall–Kier alpha value is -2.21. The predicted octanol–water partition coefficient (Wildman–Crippen LogP) is 2.57. The first kappa shape index (κ1) is 9.98. The van der Waals surface area contributed by atoms with Crippen molar-refractivity contribution in [1.29, 1.82) is 0 Å². The first-order valence-electron chi connectivity index (χ1n) is 4.84. The molecule has 0 bridgehead atoms. The maximum absolute atomic E-state index is 9.36. The summed E-state index contributed by atoms with van der Waals surface area (Å²) >= 11 is 1.47. The zero-order chi connectivity index (χ0) is 11.7. The van der Waals surface area contributed by atoms with E-state index in [9.17, 15) is 5.11 Å². The smallest absolute Gasteiger partial charge is 0.258 e. The first-order chi connectivity index (χ1) is 8.33. The molecule has 0 atom stereocenters. The first-order valence-corrected chi connectivity index (χ1v) is 5.79. The molecule has 0 saturated heterocycles. The van der Waals surface area contributed by atoms with Gasteiger partial charge >= 0.3 is 0 Å². The van der Waals surface area contributed by atoms with Crippen LogP contribution in [-0.2, 0) is 0 Å². The van der Waals surface area contributed by atoms with Gasteiger partial charge in [-0.1, -0.05) is 11.2 Å². The van der Waals surface area contributed by atoms with Crippen LogP contribution in [0.15, 0.2) is 39.7 Å². The largest absolute Gasteiger partial charge is 0.508 e. The van der Waals surface area contributed by atoms with E-state index in [1.54, 1.807) is 29.8 Å². The van der Waals surface area contributed by atoms with E-state index in [-0.39, 0.29) is 5.75 Å². The number of aromatic hydroxyl groups is 1. The summed E-state index contributed by atoms with van der Waals surface area (Å²) in [5, 5.41) is 15.1. The lowest BCUT2D eigenvalue weighted by Crippen LogP contribution is -1.80. The summed E-state index contributed by atoms with van der Waals surface area (Å²) in [7, 11) is 0. The second-order valence-corrected chi connectivity index (χ2v) is 4.07. The molecule has 3 rings (SSSR count). The topological polar surface area (TPSA) is 72.0 Å². The summed E-state index contributed by atoms with van der Waals surface area (Å²) in [5.74, 6) is 0.976. The van der Waals surface area contributed by atoms with E-state index in [0.717, 1.165) is 0 Å². The van der Waals surface area contributed by atoms with Crippen LogP contribution in [0.25, 0.3) is 23.0 Å². The highest BCUT2D eigenvalue weighted by molar-refractivity contribution is 7.07. The van der Waals surface area contributed by atoms with Crippen LogP contribution < -0.4 is 0 Å². The molecule has 6 heteroatoms. The molecule has 0 radical (unpaired) electrons. The lowest BCUT2D eigenvalue weighted by molar-refractivity contribution is 0.431. The molecule has 0 unspecified atom stereocenters. The Balaban J connectivity index is 2.01. The lowest BCUT2D eigenvalue weighted by Gasteiger charge is -1.93. The minimum Gasteiger partial charge on any atom is -0.508 e. The van der Waals surface area contributed by atoms with Crippen LogP contribution in [0.2, 0.25) is 0 Å². The Bertz CT molecular complexity index is 634. The number of aromatic nitrogens is 3. The fourth-order valence-corrected chi connectivity index (χ4v) is 1.94. The van der Waals surface area contributed by atoms with Crippen molar-refractivity contribution in [3.63, 3.8) is 0 Å². The van der Waals surface area contributed by atoms with E-state index in [0.29, 0.717) is 23.0 Å². The number of phenolic OH excluding ortho intramolecular Hbond substituents is 1. The lowest BCUT2D eigenvalue weighted by atomic mass is 10.2. The average Bonchev–Trinajstić information content (AvgIpc) is 3.00. The average molecular weight is 245 g/mol. The maximum Gasteiger partial charge on any atom is 0.258 e. The van der Waals surface area contributed by atoms with E-state index in [1.165, 1.54) is 11.3 Å². The van der Waals surface area contributed by atoms with Crippen molar-refractivity contribution in [2.75, 3.05) is 0 Å². The minimum absolute atomic E-state index is 0.163. The highest BCUT2D eigenvalue weighted by atomic mass is 32.1. The van der Waals surface area contributed by atoms with Gasteiger partial charge in [-0.15, -0.1) is 11.3 Å². The third-order valence-electron chi connectivity index (χ3n) is 2.18. The van der Waals surface area contributed by atoms with Crippen LogP contribution in [0.1, 0.15) is 0 Å². The Morgan fingerprint density at radius 2 is 2.24 bits per heavy atom. The third-order valence-corrected chi connectivity index (χ3v) is 2.77. The molecule has 0 saturated carbocycles. The Morgan fingerprint density at radius 1 is 1.29 bits per heavy atom. The van der Waals surface area contributed by atoms with E-state index >= 15 is 0 Å². The van der Waals surface area contributed by atoms with Gasteiger partial charge in [0, 0.05) is 10.9 Å². The Morgan fingerprint density at radius 3 is 3.00 bits per heavy atom. The van der Waals surface area contributed by atoms with Crippen molar-refractivity contribution >= 4 is 11.3 Å². The van der Waals surface area contributed by atoms with Crippen molar-refractivity contribution in [2.24, 2.45) is 0 Å². The monoisotopic (exact) mass is 245 g/mol. The number of hydrogen-bond donors (Lipinski definition) is 1. The van der Waals surface area contributed by atoms with Gasteiger partial charge in [0.1, 0.15) is 11.4 Å². The van der Waals surface area contributed by atoms with Gasteiger partial charge in [-0.2, -0.15) is 4.98 Å². The van der Waals surface area contributed by atoms with Crippen LogP contribution in [0.4, 0.5) is 0 Å². The number of thiazole rings is 1. The van der Waals surface area contributed by atoms with E-state index in [2.05, 4.69) is 15.1 Å². The minimum atomic E-state index is 0.163. The highest BCUT2D eigenvalue weighted by Crippen LogP contribution is 2.24. The number of rotatable bonds is 2. The number of hydrogen-bond acceptors (Lipinski definition) is 6. The molecule has 5 nitrogen and oxygen atoms in total. The number of nitrogens with zero attached hydrogens (tertiary/aromatic N) is 3. The summed E-state index contributed by atoms with van der Waals surface area (Å²) in [5.41, 5.74) is 3.07. The molecule has 1 N–H and O–H groups in total. The van der Waals surface area contributed by atoms with Crippen LogP contribution in [0.5, 0.6) is 5.75 Å². The molecule has 0 amide bonds. The van der Waals surface area contributed by atoms with Crippen LogP contribution in [-0.4, -0.2) is 20.2 Å².